The summed E-state index contributed by atoms with van der Waals surface area (Å²) in [4.78, 5) is 0. The molecule has 1 radical (unpaired) electrons. The van der Waals surface area contributed by atoms with Crippen molar-refractivity contribution in [1.82, 2.24) is 0 Å². The average Bonchev–Trinajstić information content (AvgIpc) is 2.16. The zero-order valence-electron chi connectivity index (χ0n) is 8.93. The van der Waals surface area contributed by atoms with Crippen LogP contribution in [0.3, 0.4) is 0 Å². The standard InChI is InChI=1S/C13H19/c1-4-5-11-13(2,3)12-9-7-6-8-10-12/h6-9H,4-5,11H2,1-3H3. The third-order valence-corrected chi connectivity index (χ3v) is 2.59. The van der Waals surface area contributed by atoms with Gasteiger partial charge in [-0.15, -0.1) is 0 Å². The Labute approximate surface area is 82.0 Å². The number of unbranched alkanes of at least 4 members (excludes halogenated alkanes) is 1. The van der Waals surface area contributed by atoms with E-state index in [0.29, 0.717) is 0 Å². The highest BCUT2D eigenvalue weighted by molar-refractivity contribution is 5.21. The molecule has 71 valence electrons. The van der Waals surface area contributed by atoms with E-state index >= 15 is 0 Å². The topological polar surface area (TPSA) is 0 Å². The summed E-state index contributed by atoms with van der Waals surface area (Å²) >= 11 is 0. The lowest BCUT2D eigenvalue weighted by molar-refractivity contribution is 0.457. The fourth-order valence-electron chi connectivity index (χ4n) is 1.57. The molecule has 0 fully saturated rings. The van der Waals surface area contributed by atoms with E-state index in [1.165, 1.54) is 24.8 Å². The van der Waals surface area contributed by atoms with E-state index in [1.54, 1.807) is 0 Å². The van der Waals surface area contributed by atoms with Gasteiger partial charge >= 0.3 is 0 Å². The maximum atomic E-state index is 3.32. The summed E-state index contributed by atoms with van der Waals surface area (Å²) < 4.78 is 0. The predicted molar refractivity (Wildman–Crippen MR) is 57.8 cm³/mol. The Balaban J connectivity index is 2.69. The molecule has 0 heterocycles. The van der Waals surface area contributed by atoms with E-state index < -0.39 is 0 Å². The van der Waals surface area contributed by atoms with Crippen molar-refractivity contribution in [3.05, 3.63) is 35.9 Å². The van der Waals surface area contributed by atoms with Crippen LogP contribution in [-0.2, 0) is 5.41 Å². The van der Waals surface area contributed by atoms with Crippen LogP contribution in [0.1, 0.15) is 45.6 Å². The van der Waals surface area contributed by atoms with Crippen LogP contribution >= 0.6 is 0 Å². The Hall–Kier alpha value is -0.780. The molecular formula is C13H19. The van der Waals surface area contributed by atoms with Crippen LogP contribution in [0.15, 0.2) is 24.3 Å². The molecule has 0 amide bonds. The third-order valence-electron chi connectivity index (χ3n) is 2.59. The quantitative estimate of drug-likeness (QED) is 0.650. The summed E-state index contributed by atoms with van der Waals surface area (Å²) in [6.07, 6.45) is 3.83. The molecule has 0 bridgehead atoms. The largest absolute Gasteiger partial charge is 0.0654 e. The first-order valence-electron chi connectivity index (χ1n) is 5.14. The summed E-state index contributed by atoms with van der Waals surface area (Å²) in [7, 11) is 0. The molecule has 1 aromatic carbocycles. The van der Waals surface area contributed by atoms with Gasteiger partial charge in [0, 0.05) is 0 Å². The molecular weight excluding hydrogens is 156 g/mol. The van der Waals surface area contributed by atoms with Crippen molar-refractivity contribution in [2.45, 2.75) is 45.4 Å². The molecule has 0 unspecified atom stereocenters. The van der Waals surface area contributed by atoms with Crippen molar-refractivity contribution >= 4 is 0 Å². The van der Waals surface area contributed by atoms with E-state index in [-0.39, 0.29) is 5.41 Å². The molecule has 0 aliphatic rings. The lowest BCUT2D eigenvalue weighted by atomic mass is 9.80. The monoisotopic (exact) mass is 175 g/mol. The van der Waals surface area contributed by atoms with Gasteiger partial charge in [0.05, 0.1) is 0 Å². The minimum Gasteiger partial charge on any atom is -0.0654 e. The highest BCUT2D eigenvalue weighted by atomic mass is 14.2. The summed E-state index contributed by atoms with van der Waals surface area (Å²) in [6, 6.07) is 11.6. The minimum atomic E-state index is 0.289. The molecule has 0 atom stereocenters. The van der Waals surface area contributed by atoms with Gasteiger partial charge in [0.25, 0.3) is 0 Å². The highest BCUT2D eigenvalue weighted by Gasteiger charge is 2.18. The molecule has 0 aliphatic heterocycles. The second-order valence-corrected chi connectivity index (χ2v) is 4.26. The molecule has 0 aliphatic carbocycles. The Bertz CT molecular complexity index is 233. The summed E-state index contributed by atoms with van der Waals surface area (Å²) in [5.41, 5.74) is 1.63. The van der Waals surface area contributed by atoms with Crippen molar-refractivity contribution in [3.63, 3.8) is 0 Å². The number of rotatable bonds is 4. The second-order valence-electron chi connectivity index (χ2n) is 4.26. The van der Waals surface area contributed by atoms with Crippen LogP contribution in [0.4, 0.5) is 0 Å². The molecule has 13 heavy (non-hydrogen) atoms. The van der Waals surface area contributed by atoms with Crippen LogP contribution < -0.4 is 0 Å². The van der Waals surface area contributed by atoms with Crippen molar-refractivity contribution in [1.29, 1.82) is 0 Å². The van der Waals surface area contributed by atoms with Gasteiger partial charge in [0.1, 0.15) is 0 Å². The number of hydrogen-bond donors (Lipinski definition) is 0. The SMILES string of the molecule is CCCCC(C)(C)c1[c]cccc1. The van der Waals surface area contributed by atoms with Gasteiger partial charge in [-0.2, -0.15) is 0 Å². The average molecular weight is 175 g/mol. The zero-order valence-corrected chi connectivity index (χ0v) is 8.93. The molecule has 1 rings (SSSR count). The van der Waals surface area contributed by atoms with E-state index in [0.717, 1.165) is 0 Å². The van der Waals surface area contributed by atoms with Crippen molar-refractivity contribution < 1.29 is 0 Å². The fraction of sp³-hybridized carbons (Fsp3) is 0.538. The number of hydrogen-bond acceptors (Lipinski definition) is 0. The van der Waals surface area contributed by atoms with Gasteiger partial charge in [-0.05, 0) is 23.5 Å². The first kappa shape index (κ1) is 10.3. The summed E-state index contributed by atoms with van der Waals surface area (Å²) in [6.45, 7) is 6.84. The Morgan fingerprint density at radius 3 is 2.62 bits per heavy atom. The highest BCUT2D eigenvalue weighted by Crippen LogP contribution is 2.28. The van der Waals surface area contributed by atoms with E-state index in [9.17, 15) is 0 Å². The summed E-state index contributed by atoms with van der Waals surface area (Å²) in [5, 5.41) is 0. The summed E-state index contributed by atoms with van der Waals surface area (Å²) in [5.74, 6) is 0. The number of benzene rings is 1. The molecule has 0 heteroatoms. The maximum Gasteiger partial charge on any atom is -0.00974 e. The Morgan fingerprint density at radius 2 is 2.08 bits per heavy atom. The molecule has 0 spiro atoms. The van der Waals surface area contributed by atoms with E-state index in [2.05, 4.69) is 39.0 Å². The Kier molecular flexibility index (Phi) is 3.53. The second kappa shape index (κ2) is 4.45. The van der Waals surface area contributed by atoms with E-state index in [1.807, 2.05) is 12.1 Å². The van der Waals surface area contributed by atoms with Gasteiger partial charge in [-0.3, -0.25) is 0 Å². The lowest BCUT2D eigenvalue weighted by Gasteiger charge is -2.24. The molecule has 0 nitrogen and oxygen atoms in total. The Morgan fingerprint density at radius 1 is 1.31 bits per heavy atom. The van der Waals surface area contributed by atoms with Gasteiger partial charge in [0.15, 0.2) is 0 Å². The van der Waals surface area contributed by atoms with Crippen molar-refractivity contribution in [3.8, 4) is 0 Å². The molecule has 0 aromatic heterocycles. The van der Waals surface area contributed by atoms with E-state index in [4.69, 9.17) is 0 Å². The van der Waals surface area contributed by atoms with Crippen molar-refractivity contribution in [2.24, 2.45) is 0 Å². The van der Waals surface area contributed by atoms with Crippen LogP contribution in [0.5, 0.6) is 0 Å². The third kappa shape index (κ3) is 2.87. The van der Waals surface area contributed by atoms with Gasteiger partial charge in [-0.1, -0.05) is 57.9 Å². The van der Waals surface area contributed by atoms with Crippen LogP contribution in [0.25, 0.3) is 0 Å². The van der Waals surface area contributed by atoms with Crippen LogP contribution in [0, 0.1) is 6.07 Å². The van der Waals surface area contributed by atoms with Crippen LogP contribution in [-0.4, -0.2) is 0 Å². The molecule has 0 N–H and O–H groups in total. The maximum absolute atomic E-state index is 3.32. The van der Waals surface area contributed by atoms with Gasteiger partial charge < -0.3 is 0 Å². The lowest BCUT2D eigenvalue weighted by Crippen LogP contribution is -2.16. The van der Waals surface area contributed by atoms with Gasteiger partial charge in [0.2, 0.25) is 0 Å². The van der Waals surface area contributed by atoms with Crippen molar-refractivity contribution in [2.75, 3.05) is 0 Å². The first-order valence-corrected chi connectivity index (χ1v) is 5.14. The first-order chi connectivity index (χ1) is 6.17. The fourth-order valence-corrected chi connectivity index (χ4v) is 1.57. The molecule has 1 aromatic rings. The smallest absolute Gasteiger partial charge is 0.00974 e. The minimum absolute atomic E-state index is 0.289. The molecule has 0 saturated carbocycles. The van der Waals surface area contributed by atoms with Gasteiger partial charge in [-0.25, -0.2) is 0 Å². The predicted octanol–water partition coefficient (Wildman–Crippen LogP) is 3.95. The normalized spacial score (nSPS) is 11.6. The zero-order chi connectivity index (χ0) is 9.73. The van der Waals surface area contributed by atoms with Crippen LogP contribution in [0.2, 0.25) is 0 Å². The molecule has 0 saturated heterocycles.